The van der Waals surface area contributed by atoms with Crippen LogP contribution in [0.3, 0.4) is 0 Å². The van der Waals surface area contributed by atoms with E-state index in [-0.39, 0.29) is 5.91 Å². The number of nitrogen functional groups attached to an aromatic ring is 1. The molecule has 0 saturated heterocycles. The Kier molecular flexibility index (Phi) is 6.65. The normalized spacial score (nSPS) is 10.7. The summed E-state index contributed by atoms with van der Waals surface area (Å²) in [5.41, 5.74) is 8.84. The standard InChI is InChI=1S/C21H20ClN5O2/c1-29-20-12-18(22)26-21(27-20)24-13-15-8-6-14(7-9-15)10-11-19(28)25-17-5-3-2-4-16(17)23/h2-12H,13,23H2,1H3,(H,25,28)(H,24,26,27)/b11-10+. The Bertz CT molecular complexity index is 1020. The molecule has 0 aliphatic heterocycles. The van der Waals surface area contributed by atoms with Crippen LogP contribution in [0.25, 0.3) is 6.08 Å². The molecule has 3 rings (SSSR count). The molecule has 7 nitrogen and oxygen atoms in total. The largest absolute Gasteiger partial charge is 0.481 e. The molecule has 0 radical (unpaired) electrons. The predicted octanol–water partition coefficient (Wildman–Crippen LogP) is 3.98. The van der Waals surface area contributed by atoms with Crippen LogP contribution < -0.4 is 21.1 Å². The van der Waals surface area contributed by atoms with Crippen molar-refractivity contribution in [3.05, 3.63) is 77.0 Å². The molecule has 0 fully saturated rings. The monoisotopic (exact) mass is 409 g/mol. The molecule has 1 heterocycles. The van der Waals surface area contributed by atoms with Crippen LogP contribution in [0, 0.1) is 0 Å². The fraction of sp³-hybridized carbons (Fsp3) is 0.0952. The number of nitrogens with two attached hydrogens (primary N) is 1. The second-order valence-corrected chi connectivity index (χ2v) is 6.45. The lowest BCUT2D eigenvalue weighted by Gasteiger charge is -2.07. The second kappa shape index (κ2) is 9.57. The van der Waals surface area contributed by atoms with Crippen LogP contribution in [0.15, 0.2) is 60.7 Å². The molecule has 29 heavy (non-hydrogen) atoms. The zero-order chi connectivity index (χ0) is 20.6. The molecule has 148 valence electrons. The number of anilines is 3. The first-order chi connectivity index (χ1) is 14.0. The molecule has 0 bridgehead atoms. The predicted molar refractivity (Wildman–Crippen MR) is 116 cm³/mol. The molecule has 8 heteroatoms. The summed E-state index contributed by atoms with van der Waals surface area (Å²) in [4.78, 5) is 20.3. The molecule has 0 aliphatic rings. The van der Waals surface area contributed by atoms with E-state index in [2.05, 4.69) is 20.6 Å². The molecule has 0 unspecified atom stereocenters. The average Bonchev–Trinajstić information content (AvgIpc) is 2.73. The summed E-state index contributed by atoms with van der Waals surface area (Å²) in [7, 11) is 1.52. The van der Waals surface area contributed by atoms with Gasteiger partial charge >= 0.3 is 0 Å². The third-order valence-electron chi connectivity index (χ3n) is 3.96. The van der Waals surface area contributed by atoms with Crippen LogP contribution in [0.1, 0.15) is 11.1 Å². The van der Waals surface area contributed by atoms with Gasteiger partial charge in [0.2, 0.25) is 17.7 Å². The smallest absolute Gasteiger partial charge is 0.248 e. The summed E-state index contributed by atoms with van der Waals surface area (Å²) in [6, 6.07) is 16.4. The Hall–Kier alpha value is -3.58. The summed E-state index contributed by atoms with van der Waals surface area (Å²) < 4.78 is 5.07. The quantitative estimate of drug-likeness (QED) is 0.310. The van der Waals surface area contributed by atoms with E-state index in [0.29, 0.717) is 34.9 Å². The van der Waals surface area contributed by atoms with Crippen molar-refractivity contribution in [2.24, 2.45) is 0 Å². The number of amides is 1. The molecule has 0 aliphatic carbocycles. The Morgan fingerprint density at radius 3 is 2.66 bits per heavy atom. The van der Waals surface area contributed by atoms with E-state index in [1.54, 1.807) is 18.2 Å². The fourth-order valence-corrected chi connectivity index (χ4v) is 2.64. The van der Waals surface area contributed by atoms with Crippen molar-refractivity contribution in [1.29, 1.82) is 0 Å². The highest BCUT2D eigenvalue weighted by molar-refractivity contribution is 6.29. The molecular formula is C21H20ClN5O2. The van der Waals surface area contributed by atoms with Crippen molar-refractivity contribution in [1.82, 2.24) is 9.97 Å². The number of ether oxygens (including phenoxy) is 1. The van der Waals surface area contributed by atoms with E-state index in [4.69, 9.17) is 22.1 Å². The van der Waals surface area contributed by atoms with Gasteiger partial charge < -0.3 is 21.1 Å². The minimum absolute atomic E-state index is 0.249. The number of aromatic nitrogens is 2. The zero-order valence-electron chi connectivity index (χ0n) is 15.7. The Morgan fingerprint density at radius 1 is 1.17 bits per heavy atom. The van der Waals surface area contributed by atoms with Crippen molar-refractivity contribution in [3.8, 4) is 5.88 Å². The number of hydrogen-bond donors (Lipinski definition) is 3. The van der Waals surface area contributed by atoms with Gasteiger partial charge in [-0.25, -0.2) is 4.98 Å². The number of hydrogen-bond acceptors (Lipinski definition) is 6. The third-order valence-corrected chi connectivity index (χ3v) is 4.15. The zero-order valence-corrected chi connectivity index (χ0v) is 16.5. The number of benzene rings is 2. The van der Waals surface area contributed by atoms with Gasteiger partial charge in [-0.2, -0.15) is 4.98 Å². The van der Waals surface area contributed by atoms with Crippen LogP contribution in [0.5, 0.6) is 5.88 Å². The van der Waals surface area contributed by atoms with Crippen LogP contribution in [-0.2, 0) is 11.3 Å². The molecule has 1 aromatic heterocycles. The van der Waals surface area contributed by atoms with E-state index >= 15 is 0 Å². The molecule has 0 saturated carbocycles. The number of halogens is 1. The van der Waals surface area contributed by atoms with Crippen molar-refractivity contribution in [3.63, 3.8) is 0 Å². The fourth-order valence-electron chi connectivity index (χ4n) is 2.47. The van der Waals surface area contributed by atoms with Crippen molar-refractivity contribution in [2.75, 3.05) is 23.5 Å². The first-order valence-corrected chi connectivity index (χ1v) is 9.16. The van der Waals surface area contributed by atoms with E-state index < -0.39 is 0 Å². The van der Waals surface area contributed by atoms with Gasteiger partial charge in [0.15, 0.2) is 0 Å². The van der Waals surface area contributed by atoms with E-state index in [0.717, 1.165) is 11.1 Å². The van der Waals surface area contributed by atoms with Crippen LogP contribution in [0.4, 0.5) is 17.3 Å². The van der Waals surface area contributed by atoms with E-state index in [9.17, 15) is 4.79 Å². The third kappa shape index (κ3) is 5.95. The average molecular weight is 410 g/mol. The topological polar surface area (TPSA) is 102 Å². The Labute approximate surface area is 173 Å². The molecule has 0 spiro atoms. The minimum Gasteiger partial charge on any atom is -0.481 e. The number of carbonyl (C=O) groups excluding carboxylic acids is 1. The van der Waals surface area contributed by atoms with Gasteiger partial charge in [0.1, 0.15) is 5.15 Å². The highest BCUT2D eigenvalue weighted by Gasteiger charge is 2.04. The number of methoxy groups -OCH3 is 1. The van der Waals surface area contributed by atoms with Gasteiger partial charge in [-0.3, -0.25) is 4.79 Å². The van der Waals surface area contributed by atoms with Gasteiger partial charge in [-0.05, 0) is 29.3 Å². The summed E-state index contributed by atoms with van der Waals surface area (Å²) in [5.74, 6) is 0.527. The van der Waals surface area contributed by atoms with Gasteiger partial charge in [-0.15, -0.1) is 0 Å². The molecule has 0 atom stereocenters. The lowest BCUT2D eigenvalue weighted by atomic mass is 10.1. The SMILES string of the molecule is COc1cc(Cl)nc(NCc2ccc(/C=C/C(=O)Nc3ccccc3N)cc2)n1. The maximum atomic E-state index is 12.0. The summed E-state index contributed by atoms with van der Waals surface area (Å²) in [5, 5.41) is 6.15. The number of nitrogens with zero attached hydrogens (tertiary/aromatic N) is 2. The molecule has 3 aromatic rings. The highest BCUT2D eigenvalue weighted by atomic mass is 35.5. The molecule has 4 N–H and O–H groups in total. The van der Waals surface area contributed by atoms with Crippen molar-refractivity contribution < 1.29 is 9.53 Å². The van der Waals surface area contributed by atoms with Crippen LogP contribution in [0.2, 0.25) is 5.15 Å². The van der Waals surface area contributed by atoms with Crippen molar-refractivity contribution >= 4 is 40.9 Å². The lowest BCUT2D eigenvalue weighted by molar-refractivity contribution is -0.111. The number of nitrogens with one attached hydrogen (secondary N) is 2. The Balaban J connectivity index is 1.56. The summed E-state index contributed by atoms with van der Waals surface area (Å²) in [6.45, 7) is 0.515. The lowest BCUT2D eigenvalue weighted by Crippen LogP contribution is -2.09. The van der Waals surface area contributed by atoms with Gasteiger partial charge in [0.25, 0.3) is 0 Å². The second-order valence-electron chi connectivity index (χ2n) is 6.06. The van der Waals surface area contributed by atoms with Gasteiger partial charge in [0, 0.05) is 18.7 Å². The molecular weight excluding hydrogens is 390 g/mol. The summed E-state index contributed by atoms with van der Waals surface area (Å²) >= 11 is 5.93. The highest BCUT2D eigenvalue weighted by Crippen LogP contribution is 2.18. The van der Waals surface area contributed by atoms with Gasteiger partial charge in [0.05, 0.1) is 18.5 Å². The first kappa shape index (κ1) is 20.2. The van der Waals surface area contributed by atoms with E-state index in [1.165, 1.54) is 19.3 Å². The van der Waals surface area contributed by atoms with Gasteiger partial charge in [-0.1, -0.05) is 48.0 Å². The first-order valence-electron chi connectivity index (χ1n) is 8.78. The number of carbonyl (C=O) groups is 1. The minimum atomic E-state index is -0.249. The van der Waals surface area contributed by atoms with Crippen LogP contribution in [-0.4, -0.2) is 23.0 Å². The van der Waals surface area contributed by atoms with Crippen LogP contribution >= 0.6 is 11.6 Å². The van der Waals surface area contributed by atoms with E-state index in [1.807, 2.05) is 36.4 Å². The number of para-hydroxylation sites is 2. The number of rotatable bonds is 7. The maximum Gasteiger partial charge on any atom is 0.248 e. The molecule has 2 aromatic carbocycles. The maximum absolute atomic E-state index is 12.0. The van der Waals surface area contributed by atoms with Crippen molar-refractivity contribution in [2.45, 2.75) is 6.54 Å². The molecule has 1 amide bonds. The summed E-state index contributed by atoms with van der Waals surface area (Å²) in [6.07, 6.45) is 3.20. The Morgan fingerprint density at radius 2 is 1.93 bits per heavy atom.